The summed E-state index contributed by atoms with van der Waals surface area (Å²) < 4.78 is 0. The molecule has 0 saturated heterocycles. The Labute approximate surface area is 126 Å². The first-order valence-electron chi connectivity index (χ1n) is 6.59. The Hall–Kier alpha value is -3.21. The summed E-state index contributed by atoms with van der Waals surface area (Å²) in [6.45, 7) is 0. The number of fused-ring (bicyclic) bond motifs is 1. The van der Waals surface area contributed by atoms with Gasteiger partial charge in [-0.05, 0) is 24.3 Å². The molecule has 0 unspecified atom stereocenters. The van der Waals surface area contributed by atoms with Gasteiger partial charge in [0, 0.05) is 16.5 Å². The van der Waals surface area contributed by atoms with Crippen LogP contribution in [-0.4, -0.2) is 22.0 Å². The lowest BCUT2D eigenvalue weighted by atomic mass is 10.0. The number of para-hydroxylation sites is 1. The van der Waals surface area contributed by atoms with Gasteiger partial charge in [-0.15, -0.1) is 0 Å². The molecule has 3 rings (SSSR count). The van der Waals surface area contributed by atoms with E-state index in [2.05, 4.69) is 4.98 Å². The number of amides is 1. The Morgan fingerprint density at radius 2 is 1.77 bits per heavy atom. The van der Waals surface area contributed by atoms with Crippen molar-refractivity contribution < 1.29 is 14.7 Å². The smallest absolute Gasteiger partial charge is 0.336 e. The average Bonchev–Trinajstić information content (AvgIpc) is 2.53. The van der Waals surface area contributed by atoms with Crippen LogP contribution in [0, 0.1) is 0 Å². The van der Waals surface area contributed by atoms with Crippen LogP contribution in [-0.2, 0) is 0 Å². The molecule has 0 atom stereocenters. The van der Waals surface area contributed by atoms with E-state index in [1.54, 1.807) is 48.5 Å². The zero-order chi connectivity index (χ0) is 15.7. The molecule has 2 aromatic carbocycles. The Kier molecular flexibility index (Phi) is 3.31. The fraction of sp³-hybridized carbons (Fsp3) is 0. The minimum atomic E-state index is -1.02. The SMILES string of the molecule is NC(=O)c1cccc(-c2cc(C(=O)O)c3ccccc3n2)c1. The number of aromatic carboxylic acids is 1. The van der Waals surface area contributed by atoms with Crippen LogP contribution in [0.5, 0.6) is 0 Å². The summed E-state index contributed by atoms with van der Waals surface area (Å²) in [5, 5.41) is 9.97. The van der Waals surface area contributed by atoms with Gasteiger partial charge in [-0.1, -0.05) is 30.3 Å². The minimum absolute atomic E-state index is 0.171. The largest absolute Gasteiger partial charge is 0.478 e. The predicted octanol–water partition coefficient (Wildman–Crippen LogP) is 2.70. The second-order valence-corrected chi connectivity index (χ2v) is 4.82. The minimum Gasteiger partial charge on any atom is -0.478 e. The summed E-state index contributed by atoms with van der Waals surface area (Å²) in [6, 6.07) is 15.2. The molecule has 0 aliphatic rings. The van der Waals surface area contributed by atoms with Gasteiger partial charge >= 0.3 is 5.97 Å². The van der Waals surface area contributed by atoms with Crippen LogP contribution in [0.4, 0.5) is 0 Å². The number of carbonyl (C=O) groups excluding carboxylic acids is 1. The van der Waals surface area contributed by atoms with E-state index in [4.69, 9.17) is 5.73 Å². The maximum atomic E-state index is 11.5. The second-order valence-electron chi connectivity index (χ2n) is 4.82. The van der Waals surface area contributed by atoms with Gasteiger partial charge < -0.3 is 10.8 Å². The average molecular weight is 292 g/mol. The van der Waals surface area contributed by atoms with Gasteiger partial charge in [0.25, 0.3) is 0 Å². The highest BCUT2D eigenvalue weighted by Gasteiger charge is 2.13. The van der Waals surface area contributed by atoms with Crippen LogP contribution in [0.25, 0.3) is 22.2 Å². The molecule has 22 heavy (non-hydrogen) atoms. The van der Waals surface area contributed by atoms with E-state index in [0.29, 0.717) is 27.7 Å². The number of hydrogen-bond donors (Lipinski definition) is 2. The van der Waals surface area contributed by atoms with Gasteiger partial charge in [0.15, 0.2) is 0 Å². The van der Waals surface area contributed by atoms with Gasteiger partial charge in [-0.3, -0.25) is 4.79 Å². The second kappa shape index (κ2) is 5.29. The van der Waals surface area contributed by atoms with E-state index < -0.39 is 11.9 Å². The molecule has 1 heterocycles. The summed E-state index contributed by atoms with van der Waals surface area (Å²) in [5.41, 5.74) is 7.51. The first-order valence-corrected chi connectivity index (χ1v) is 6.59. The quantitative estimate of drug-likeness (QED) is 0.776. The highest BCUT2D eigenvalue weighted by molar-refractivity contribution is 6.04. The van der Waals surface area contributed by atoms with E-state index in [-0.39, 0.29) is 5.56 Å². The van der Waals surface area contributed by atoms with Crippen LogP contribution < -0.4 is 5.73 Å². The molecule has 3 N–H and O–H groups in total. The molecule has 0 aliphatic carbocycles. The van der Waals surface area contributed by atoms with Crippen molar-refractivity contribution in [3.8, 4) is 11.3 Å². The first kappa shape index (κ1) is 13.8. The van der Waals surface area contributed by atoms with Gasteiger partial charge in [0.1, 0.15) is 0 Å². The van der Waals surface area contributed by atoms with Gasteiger partial charge in [0.05, 0.1) is 16.8 Å². The molecule has 0 saturated carbocycles. The number of pyridine rings is 1. The number of carboxylic acid groups (broad SMARTS) is 1. The van der Waals surface area contributed by atoms with E-state index in [1.165, 1.54) is 6.07 Å². The molecule has 5 nitrogen and oxygen atoms in total. The maximum Gasteiger partial charge on any atom is 0.336 e. The molecule has 0 radical (unpaired) electrons. The summed E-state index contributed by atoms with van der Waals surface area (Å²) in [5.74, 6) is -1.56. The van der Waals surface area contributed by atoms with Crippen LogP contribution in [0.1, 0.15) is 20.7 Å². The van der Waals surface area contributed by atoms with Crippen LogP contribution in [0.2, 0.25) is 0 Å². The number of nitrogens with two attached hydrogens (primary N) is 1. The van der Waals surface area contributed by atoms with Crippen LogP contribution in [0.15, 0.2) is 54.6 Å². The lowest BCUT2D eigenvalue weighted by Crippen LogP contribution is -2.10. The molecule has 1 amide bonds. The molecule has 1 aromatic heterocycles. The monoisotopic (exact) mass is 292 g/mol. The zero-order valence-electron chi connectivity index (χ0n) is 11.5. The highest BCUT2D eigenvalue weighted by atomic mass is 16.4. The third-order valence-electron chi connectivity index (χ3n) is 3.39. The van der Waals surface area contributed by atoms with Crippen molar-refractivity contribution in [2.75, 3.05) is 0 Å². The standard InChI is InChI=1S/C17H12N2O3/c18-16(20)11-5-3-4-10(8-11)15-9-13(17(21)22)12-6-1-2-7-14(12)19-15/h1-9H,(H2,18,20)(H,21,22). The summed E-state index contributed by atoms with van der Waals surface area (Å²) in [7, 11) is 0. The van der Waals surface area contributed by atoms with Crippen molar-refractivity contribution in [1.82, 2.24) is 4.98 Å². The molecule has 0 fully saturated rings. The summed E-state index contributed by atoms with van der Waals surface area (Å²) in [6.07, 6.45) is 0. The summed E-state index contributed by atoms with van der Waals surface area (Å²) in [4.78, 5) is 27.2. The highest BCUT2D eigenvalue weighted by Crippen LogP contribution is 2.25. The molecular weight excluding hydrogens is 280 g/mol. The fourth-order valence-electron chi connectivity index (χ4n) is 2.33. The maximum absolute atomic E-state index is 11.5. The number of hydrogen-bond acceptors (Lipinski definition) is 3. The summed E-state index contributed by atoms with van der Waals surface area (Å²) >= 11 is 0. The van der Waals surface area contributed by atoms with Crippen LogP contribution in [0.3, 0.4) is 0 Å². The number of nitrogens with zero attached hydrogens (tertiary/aromatic N) is 1. The predicted molar refractivity (Wildman–Crippen MR) is 82.7 cm³/mol. The molecule has 0 bridgehead atoms. The van der Waals surface area contributed by atoms with E-state index in [0.717, 1.165) is 0 Å². The van der Waals surface area contributed by atoms with E-state index >= 15 is 0 Å². The number of rotatable bonds is 3. The Morgan fingerprint density at radius 1 is 1.00 bits per heavy atom. The molecule has 3 aromatic rings. The first-order chi connectivity index (χ1) is 10.6. The Bertz CT molecular complexity index is 903. The lowest BCUT2D eigenvalue weighted by molar-refractivity contribution is 0.0698. The Balaban J connectivity index is 2.25. The van der Waals surface area contributed by atoms with Crippen molar-refractivity contribution >= 4 is 22.8 Å². The number of primary amides is 1. The lowest BCUT2D eigenvalue weighted by Gasteiger charge is -2.07. The van der Waals surface area contributed by atoms with E-state index in [1.807, 2.05) is 0 Å². The van der Waals surface area contributed by atoms with Crippen molar-refractivity contribution in [3.05, 3.63) is 65.7 Å². The van der Waals surface area contributed by atoms with E-state index in [9.17, 15) is 14.7 Å². The van der Waals surface area contributed by atoms with Gasteiger partial charge in [-0.2, -0.15) is 0 Å². The number of carbonyl (C=O) groups is 2. The third kappa shape index (κ3) is 2.40. The molecule has 108 valence electrons. The van der Waals surface area contributed by atoms with Crippen molar-refractivity contribution in [2.45, 2.75) is 0 Å². The fourth-order valence-corrected chi connectivity index (χ4v) is 2.33. The number of carboxylic acids is 1. The normalized spacial score (nSPS) is 10.5. The number of benzene rings is 2. The van der Waals surface area contributed by atoms with Gasteiger partial charge in [-0.25, -0.2) is 9.78 Å². The Morgan fingerprint density at radius 3 is 2.50 bits per heavy atom. The van der Waals surface area contributed by atoms with Crippen molar-refractivity contribution in [3.63, 3.8) is 0 Å². The topological polar surface area (TPSA) is 93.3 Å². The number of aromatic nitrogens is 1. The van der Waals surface area contributed by atoms with Crippen molar-refractivity contribution in [2.24, 2.45) is 5.73 Å². The zero-order valence-corrected chi connectivity index (χ0v) is 11.5. The van der Waals surface area contributed by atoms with Crippen molar-refractivity contribution in [1.29, 1.82) is 0 Å². The molecular formula is C17H12N2O3. The molecule has 0 aliphatic heterocycles. The van der Waals surface area contributed by atoms with Crippen LogP contribution >= 0.6 is 0 Å². The third-order valence-corrected chi connectivity index (χ3v) is 3.39. The molecule has 5 heteroatoms. The van der Waals surface area contributed by atoms with Gasteiger partial charge in [0.2, 0.25) is 5.91 Å². The molecule has 0 spiro atoms.